The highest BCUT2D eigenvalue weighted by atomic mass is 31.2. The minimum Gasteiger partial charge on any atom is -0.462 e. The van der Waals surface area contributed by atoms with E-state index in [-0.39, 0.29) is 25.7 Å². The van der Waals surface area contributed by atoms with Crippen LogP contribution in [0.3, 0.4) is 0 Å². The summed E-state index contributed by atoms with van der Waals surface area (Å²) in [6.45, 7) is 11.7. The number of rotatable bonds is 66. The summed E-state index contributed by atoms with van der Waals surface area (Å²) < 4.78 is 68.2. The Balaban J connectivity index is 5.31. The van der Waals surface area contributed by atoms with Crippen molar-refractivity contribution in [3.63, 3.8) is 0 Å². The maximum absolute atomic E-state index is 13.0. The fourth-order valence-electron chi connectivity index (χ4n) is 9.90. The highest BCUT2D eigenvalue weighted by molar-refractivity contribution is 7.47. The van der Waals surface area contributed by atoms with Crippen molar-refractivity contribution >= 4 is 39.5 Å². The molecule has 19 heteroatoms. The zero-order valence-corrected chi connectivity index (χ0v) is 59.2. The summed E-state index contributed by atoms with van der Waals surface area (Å²) in [4.78, 5) is 72.5. The van der Waals surface area contributed by atoms with Gasteiger partial charge in [-0.05, 0) is 69.1 Å². The van der Waals surface area contributed by atoms with Crippen LogP contribution in [0.2, 0.25) is 0 Å². The molecule has 0 saturated carbocycles. The number of esters is 4. The van der Waals surface area contributed by atoms with Gasteiger partial charge >= 0.3 is 39.5 Å². The van der Waals surface area contributed by atoms with Crippen LogP contribution < -0.4 is 0 Å². The molecule has 5 unspecified atom stereocenters. The zero-order valence-electron chi connectivity index (χ0n) is 57.4. The van der Waals surface area contributed by atoms with E-state index in [0.29, 0.717) is 25.7 Å². The molecular weight excluding hydrogens is 1170 g/mol. The first kappa shape index (κ1) is 86.5. The molecule has 0 aliphatic heterocycles. The third-order valence-electron chi connectivity index (χ3n) is 16.6. The Morgan fingerprint density at radius 3 is 0.944 bits per heavy atom. The molecule has 8 atom stereocenters. The standard InChI is InChI=1S/C70H132O17P2/c1-8-12-13-14-15-16-17-18-19-20-21-22-30-39-46-53-69(74)86-65(57-80-67(72)51-44-37-29-25-23-27-34-41-48-61(5)9-2)59-84-88(76,77)82-55-64(71)56-83-89(78,79)85-60-66(58-81-68(73)52-45-38-33-32-36-43-50-63(7)11-4)87-70(75)54-47-40-31-26-24-28-35-42-49-62(6)10-3/h16-19,61-66,71H,8-15,20-60H2,1-7H3,(H,76,77)(H,78,79)/b17-16-,19-18-/t61?,62?,63?,64-,65-,66-/m1/s1. The van der Waals surface area contributed by atoms with Crippen LogP contribution in [0.1, 0.15) is 325 Å². The molecular formula is C70H132O17P2. The monoisotopic (exact) mass is 1310 g/mol. The molecule has 3 N–H and O–H groups in total. The van der Waals surface area contributed by atoms with Crippen LogP contribution in [0.15, 0.2) is 24.3 Å². The van der Waals surface area contributed by atoms with Crippen LogP contribution in [0.4, 0.5) is 0 Å². The molecule has 0 rings (SSSR count). The minimum absolute atomic E-state index is 0.0839. The molecule has 0 aromatic heterocycles. The molecule has 0 fully saturated rings. The molecule has 0 aliphatic carbocycles. The Morgan fingerprint density at radius 2 is 0.629 bits per heavy atom. The van der Waals surface area contributed by atoms with Gasteiger partial charge in [-0.3, -0.25) is 37.3 Å². The largest absolute Gasteiger partial charge is 0.472 e. The molecule has 0 aromatic carbocycles. The Kier molecular flexibility index (Phi) is 58.8. The van der Waals surface area contributed by atoms with Crippen molar-refractivity contribution < 1.29 is 80.2 Å². The first-order chi connectivity index (χ1) is 42.8. The zero-order chi connectivity index (χ0) is 65.9. The molecule has 524 valence electrons. The van der Waals surface area contributed by atoms with Gasteiger partial charge in [-0.15, -0.1) is 0 Å². The maximum Gasteiger partial charge on any atom is 0.472 e. The van der Waals surface area contributed by atoms with Gasteiger partial charge in [0.25, 0.3) is 0 Å². The molecule has 0 aromatic rings. The predicted octanol–water partition coefficient (Wildman–Crippen LogP) is 19.4. The van der Waals surface area contributed by atoms with Gasteiger partial charge in [0, 0.05) is 25.7 Å². The van der Waals surface area contributed by atoms with Crippen LogP contribution in [0.25, 0.3) is 0 Å². The second-order valence-electron chi connectivity index (χ2n) is 25.3. The summed E-state index contributed by atoms with van der Waals surface area (Å²) in [7, 11) is -9.92. The summed E-state index contributed by atoms with van der Waals surface area (Å²) in [5.41, 5.74) is 0. The van der Waals surface area contributed by atoms with Gasteiger partial charge in [-0.2, -0.15) is 0 Å². The van der Waals surface area contributed by atoms with Crippen molar-refractivity contribution in [1.82, 2.24) is 0 Å². The van der Waals surface area contributed by atoms with Gasteiger partial charge in [-0.25, -0.2) is 9.13 Å². The van der Waals surface area contributed by atoms with Crippen LogP contribution in [0.5, 0.6) is 0 Å². The van der Waals surface area contributed by atoms with Gasteiger partial charge in [0.15, 0.2) is 12.2 Å². The Bertz CT molecular complexity index is 1850. The number of carbonyl (C=O) groups excluding carboxylic acids is 4. The lowest BCUT2D eigenvalue weighted by atomic mass is 9.99. The van der Waals surface area contributed by atoms with Crippen molar-refractivity contribution in [2.24, 2.45) is 17.8 Å². The number of phosphoric acid groups is 2. The number of aliphatic hydroxyl groups is 1. The van der Waals surface area contributed by atoms with Gasteiger partial charge in [-0.1, -0.05) is 272 Å². The van der Waals surface area contributed by atoms with E-state index in [1.165, 1.54) is 116 Å². The average Bonchev–Trinajstić information content (AvgIpc) is 3.69. The lowest BCUT2D eigenvalue weighted by Gasteiger charge is -2.21. The summed E-state index contributed by atoms with van der Waals surface area (Å²) in [5.74, 6) is 0.111. The predicted molar refractivity (Wildman–Crippen MR) is 358 cm³/mol. The molecule has 0 radical (unpaired) electrons. The molecule has 0 saturated heterocycles. The number of unbranched alkanes of at least 4 members (excludes halogenated alkanes) is 28. The van der Waals surface area contributed by atoms with E-state index < -0.39 is 97.5 Å². The van der Waals surface area contributed by atoms with Crippen LogP contribution >= 0.6 is 15.6 Å². The van der Waals surface area contributed by atoms with Crippen LogP contribution in [-0.4, -0.2) is 96.7 Å². The highest BCUT2D eigenvalue weighted by Gasteiger charge is 2.30. The normalized spacial score (nSPS) is 15.3. The van der Waals surface area contributed by atoms with Gasteiger partial charge in [0.2, 0.25) is 0 Å². The molecule has 0 aliphatic rings. The summed E-state index contributed by atoms with van der Waals surface area (Å²) >= 11 is 0. The third kappa shape index (κ3) is 60.3. The number of hydrogen-bond acceptors (Lipinski definition) is 15. The van der Waals surface area contributed by atoms with E-state index >= 15 is 0 Å². The van der Waals surface area contributed by atoms with E-state index in [1.54, 1.807) is 0 Å². The molecule has 0 spiro atoms. The van der Waals surface area contributed by atoms with E-state index in [4.69, 9.17) is 37.0 Å². The molecule has 0 bridgehead atoms. The van der Waals surface area contributed by atoms with Gasteiger partial charge in [0.05, 0.1) is 26.4 Å². The summed E-state index contributed by atoms with van der Waals surface area (Å²) in [5, 5.41) is 10.6. The number of ether oxygens (including phenoxy) is 4. The van der Waals surface area contributed by atoms with Gasteiger partial charge in [0.1, 0.15) is 19.3 Å². The summed E-state index contributed by atoms with van der Waals surface area (Å²) in [6, 6.07) is 0. The lowest BCUT2D eigenvalue weighted by Crippen LogP contribution is -2.30. The van der Waals surface area contributed by atoms with Crippen LogP contribution in [-0.2, 0) is 65.4 Å². The molecule has 0 heterocycles. The minimum atomic E-state index is -4.96. The van der Waals surface area contributed by atoms with Crippen molar-refractivity contribution in [1.29, 1.82) is 0 Å². The second kappa shape index (κ2) is 60.5. The number of phosphoric ester groups is 2. The molecule has 0 amide bonds. The Morgan fingerprint density at radius 1 is 0.360 bits per heavy atom. The number of hydrogen-bond donors (Lipinski definition) is 3. The van der Waals surface area contributed by atoms with E-state index in [9.17, 15) is 43.2 Å². The Hall–Kier alpha value is -2.46. The fourth-order valence-corrected chi connectivity index (χ4v) is 11.5. The van der Waals surface area contributed by atoms with Gasteiger partial charge < -0.3 is 33.8 Å². The average molecular weight is 1310 g/mol. The number of aliphatic hydroxyl groups excluding tert-OH is 1. The quantitative estimate of drug-likeness (QED) is 0.0169. The molecule has 89 heavy (non-hydrogen) atoms. The maximum atomic E-state index is 13.0. The topological polar surface area (TPSA) is 237 Å². The van der Waals surface area contributed by atoms with E-state index in [1.807, 2.05) is 0 Å². The lowest BCUT2D eigenvalue weighted by molar-refractivity contribution is -0.161. The van der Waals surface area contributed by atoms with E-state index in [0.717, 1.165) is 127 Å². The van der Waals surface area contributed by atoms with Crippen LogP contribution in [0, 0.1) is 17.8 Å². The second-order valence-corrected chi connectivity index (χ2v) is 28.2. The third-order valence-corrected chi connectivity index (χ3v) is 18.5. The van der Waals surface area contributed by atoms with Crippen molar-refractivity contribution in [3.05, 3.63) is 24.3 Å². The first-order valence-corrected chi connectivity index (χ1v) is 38.8. The van der Waals surface area contributed by atoms with E-state index in [2.05, 4.69) is 72.8 Å². The Labute approximate surface area is 542 Å². The number of allylic oxidation sites excluding steroid dienone is 4. The SMILES string of the molecule is CCCCCC/C=C\C=C/CCCCCCCC(=O)O[C@H](COC(=O)CCCCCCCCCCC(C)CC)COP(=O)(O)OC[C@@H](O)COP(=O)(O)OC[C@@H](COC(=O)CCCCCCCCC(C)CC)OC(=O)CCCCCCCCCCC(C)CC. The van der Waals surface area contributed by atoms with Crippen molar-refractivity contribution in [3.8, 4) is 0 Å². The first-order valence-electron chi connectivity index (χ1n) is 35.8. The van der Waals surface area contributed by atoms with Crippen molar-refractivity contribution in [2.75, 3.05) is 39.6 Å². The van der Waals surface area contributed by atoms with Crippen molar-refractivity contribution in [2.45, 2.75) is 343 Å². The fraction of sp³-hybridized carbons (Fsp3) is 0.886. The molecule has 17 nitrogen and oxygen atoms in total. The highest BCUT2D eigenvalue weighted by Crippen LogP contribution is 2.45. The summed E-state index contributed by atoms with van der Waals surface area (Å²) in [6.07, 6.45) is 46.5. The smallest absolute Gasteiger partial charge is 0.462 e. The number of carbonyl (C=O) groups is 4.